The number of nitrogens with one attached hydrogen (secondary N) is 2. The number of aromatic nitrogens is 1. The van der Waals surface area contributed by atoms with E-state index >= 15 is 0 Å². The van der Waals surface area contributed by atoms with Crippen molar-refractivity contribution in [1.82, 2.24) is 10.3 Å². The van der Waals surface area contributed by atoms with Crippen LogP contribution in [0.3, 0.4) is 0 Å². The summed E-state index contributed by atoms with van der Waals surface area (Å²) in [5.41, 5.74) is 3.23. The predicted octanol–water partition coefficient (Wildman–Crippen LogP) is 3.63. The average Bonchev–Trinajstić information content (AvgIpc) is 3.19. The Balaban J connectivity index is 1.51. The molecule has 1 aliphatic carbocycles. The Kier molecular flexibility index (Phi) is 6.17. The molecule has 0 aliphatic heterocycles. The van der Waals surface area contributed by atoms with Crippen molar-refractivity contribution < 1.29 is 9.59 Å². The summed E-state index contributed by atoms with van der Waals surface area (Å²) in [5, 5.41) is 6.05. The number of amides is 1. The van der Waals surface area contributed by atoms with E-state index in [1.165, 1.54) is 6.42 Å². The molecule has 25 heavy (non-hydrogen) atoms. The molecule has 132 valence electrons. The van der Waals surface area contributed by atoms with Crippen LogP contribution in [0.25, 0.3) is 0 Å². The Morgan fingerprint density at radius 2 is 2.04 bits per heavy atom. The Morgan fingerprint density at radius 3 is 2.80 bits per heavy atom. The lowest BCUT2D eigenvalue weighted by atomic mass is 9.86. The third-order valence-corrected chi connectivity index (χ3v) is 5.34. The maximum atomic E-state index is 12.3. The monoisotopic (exact) mass is 357 g/mol. The Hall–Kier alpha value is -2.21. The summed E-state index contributed by atoms with van der Waals surface area (Å²) in [5.74, 6) is 0.0829. The molecule has 0 bridgehead atoms. The summed E-state index contributed by atoms with van der Waals surface area (Å²) in [6, 6.07) is 7.33. The van der Waals surface area contributed by atoms with Crippen LogP contribution in [0.2, 0.25) is 0 Å². The summed E-state index contributed by atoms with van der Waals surface area (Å²) in [6.45, 7) is 0.803. The summed E-state index contributed by atoms with van der Waals surface area (Å²) in [7, 11) is 0. The van der Waals surface area contributed by atoms with Crippen molar-refractivity contribution in [3.63, 3.8) is 0 Å². The van der Waals surface area contributed by atoms with E-state index in [1.807, 2.05) is 18.3 Å². The van der Waals surface area contributed by atoms with Gasteiger partial charge in [0, 0.05) is 28.2 Å². The molecule has 3 rings (SSSR count). The Morgan fingerprint density at radius 1 is 1.20 bits per heavy atom. The van der Waals surface area contributed by atoms with Crippen molar-refractivity contribution in [3.05, 3.63) is 46.4 Å². The topological polar surface area (TPSA) is 71.1 Å². The van der Waals surface area contributed by atoms with E-state index in [1.54, 1.807) is 29.0 Å². The van der Waals surface area contributed by atoms with Crippen LogP contribution in [-0.2, 0) is 11.3 Å². The van der Waals surface area contributed by atoms with Gasteiger partial charge in [-0.3, -0.25) is 14.6 Å². The predicted molar refractivity (Wildman–Crippen MR) is 99.8 cm³/mol. The second-order valence-corrected chi connectivity index (χ2v) is 7.36. The molecule has 0 unspecified atom stereocenters. The SMILES string of the molecule is O=C(NCC(=O)C1CCCCC1)c1cccc(NCc2cncs2)c1. The summed E-state index contributed by atoms with van der Waals surface area (Å²) in [4.78, 5) is 29.7. The van der Waals surface area contributed by atoms with Gasteiger partial charge in [-0.25, -0.2) is 0 Å². The first-order chi connectivity index (χ1) is 12.2. The number of rotatable bonds is 7. The minimum Gasteiger partial charge on any atom is -0.380 e. The fourth-order valence-corrected chi connectivity index (χ4v) is 3.66. The van der Waals surface area contributed by atoms with Gasteiger partial charge in [-0.2, -0.15) is 0 Å². The van der Waals surface area contributed by atoms with Crippen LogP contribution < -0.4 is 10.6 Å². The molecule has 0 radical (unpaired) electrons. The molecule has 1 aromatic carbocycles. The summed E-state index contributed by atoms with van der Waals surface area (Å²) >= 11 is 1.59. The molecule has 2 aromatic rings. The highest BCUT2D eigenvalue weighted by Gasteiger charge is 2.21. The smallest absolute Gasteiger partial charge is 0.251 e. The van der Waals surface area contributed by atoms with E-state index in [2.05, 4.69) is 15.6 Å². The molecule has 1 saturated carbocycles. The molecule has 0 saturated heterocycles. The van der Waals surface area contributed by atoms with Crippen LogP contribution in [0.15, 0.2) is 36.0 Å². The van der Waals surface area contributed by atoms with Crippen molar-refractivity contribution in [2.24, 2.45) is 5.92 Å². The molecule has 6 heteroatoms. The van der Waals surface area contributed by atoms with Gasteiger partial charge in [-0.15, -0.1) is 11.3 Å². The quantitative estimate of drug-likeness (QED) is 0.794. The van der Waals surface area contributed by atoms with E-state index in [4.69, 9.17) is 0 Å². The van der Waals surface area contributed by atoms with Crippen molar-refractivity contribution in [1.29, 1.82) is 0 Å². The van der Waals surface area contributed by atoms with Crippen LogP contribution >= 0.6 is 11.3 Å². The van der Waals surface area contributed by atoms with E-state index in [-0.39, 0.29) is 24.2 Å². The maximum absolute atomic E-state index is 12.3. The lowest BCUT2D eigenvalue weighted by Gasteiger charge is -2.20. The van der Waals surface area contributed by atoms with Crippen molar-refractivity contribution >= 4 is 28.7 Å². The van der Waals surface area contributed by atoms with E-state index < -0.39 is 0 Å². The second-order valence-electron chi connectivity index (χ2n) is 6.39. The number of hydrogen-bond acceptors (Lipinski definition) is 5. The summed E-state index contributed by atoms with van der Waals surface area (Å²) in [6.07, 6.45) is 7.22. The molecule has 1 aliphatic rings. The number of Topliss-reactive ketones (excluding diaryl/α,β-unsaturated/α-hetero) is 1. The average molecular weight is 357 g/mol. The fourth-order valence-electron chi connectivity index (χ4n) is 3.13. The van der Waals surface area contributed by atoms with Gasteiger partial charge in [0.2, 0.25) is 0 Å². The van der Waals surface area contributed by atoms with Crippen molar-refractivity contribution in [2.45, 2.75) is 38.6 Å². The van der Waals surface area contributed by atoms with Crippen LogP contribution in [0.1, 0.15) is 47.3 Å². The van der Waals surface area contributed by atoms with Gasteiger partial charge >= 0.3 is 0 Å². The number of ketones is 1. The first kappa shape index (κ1) is 17.6. The largest absolute Gasteiger partial charge is 0.380 e. The van der Waals surface area contributed by atoms with Crippen LogP contribution in [0, 0.1) is 5.92 Å². The number of thiazole rings is 1. The minimum atomic E-state index is -0.203. The van der Waals surface area contributed by atoms with Gasteiger partial charge in [0.15, 0.2) is 5.78 Å². The Bertz CT molecular complexity index is 709. The zero-order chi connectivity index (χ0) is 17.5. The second kappa shape index (κ2) is 8.76. The molecule has 1 fully saturated rings. The molecule has 2 N–H and O–H groups in total. The van der Waals surface area contributed by atoms with E-state index in [0.717, 1.165) is 36.2 Å². The molecule has 1 amide bonds. The lowest BCUT2D eigenvalue weighted by Crippen LogP contribution is -2.33. The standard InChI is InChI=1S/C19H23N3O2S/c23-18(14-5-2-1-3-6-14)12-22-19(24)15-7-4-8-16(9-15)21-11-17-10-20-13-25-17/h4,7-10,13-14,21H,1-3,5-6,11-12H2,(H,22,24). The zero-order valence-corrected chi connectivity index (χ0v) is 15.0. The van der Waals surface area contributed by atoms with Gasteiger partial charge in [0.25, 0.3) is 5.91 Å². The number of carbonyl (C=O) groups is 2. The van der Waals surface area contributed by atoms with E-state index in [0.29, 0.717) is 12.1 Å². The van der Waals surface area contributed by atoms with Crippen LogP contribution in [0.5, 0.6) is 0 Å². The normalized spacial score (nSPS) is 14.9. The van der Waals surface area contributed by atoms with Gasteiger partial charge in [0.05, 0.1) is 18.6 Å². The van der Waals surface area contributed by atoms with Crippen LogP contribution in [-0.4, -0.2) is 23.2 Å². The number of nitrogens with zero attached hydrogens (tertiary/aromatic N) is 1. The zero-order valence-electron chi connectivity index (χ0n) is 14.2. The third-order valence-electron chi connectivity index (χ3n) is 4.56. The van der Waals surface area contributed by atoms with Crippen molar-refractivity contribution in [3.8, 4) is 0 Å². The molecule has 0 atom stereocenters. The molecule has 0 spiro atoms. The highest BCUT2D eigenvalue weighted by Crippen LogP contribution is 2.24. The van der Waals surface area contributed by atoms with E-state index in [9.17, 15) is 9.59 Å². The first-order valence-electron chi connectivity index (χ1n) is 8.74. The molecule has 5 nitrogen and oxygen atoms in total. The van der Waals surface area contributed by atoms with Gasteiger partial charge < -0.3 is 10.6 Å². The lowest BCUT2D eigenvalue weighted by molar-refractivity contribution is -0.122. The number of hydrogen-bond donors (Lipinski definition) is 2. The molecular formula is C19H23N3O2S. The van der Waals surface area contributed by atoms with Crippen molar-refractivity contribution in [2.75, 3.05) is 11.9 Å². The molecular weight excluding hydrogens is 334 g/mol. The minimum absolute atomic E-state index is 0.126. The molecule has 1 heterocycles. The molecule has 1 aromatic heterocycles. The third kappa shape index (κ3) is 5.13. The van der Waals surface area contributed by atoms with Crippen LogP contribution in [0.4, 0.5) is 5.69 Å². The fraction of sp³-hybridized carbons (Fsp3) is 0.421. The Labute approximate surface area is 151 Å². The van der Waals surface area contributed by atoms with Gasteiger partial charge in [-0.1, -0.05) is 25.3 Å². The number of benzene rings is 1. The summed E-state index contributed by atoms with van der Waals surface area (Å²) < 4.78 is 0. The number of carbonyl (C=O) groups excluding carboxylic acids is 2. The van der Waals surface area contributed by atoms with Gasteiger partial charge in [-0.05, 0) is 31.0 Å². The highest BCUT2D eigenvalue weighted by molar-refractivity contribution is 7.09. The highest BCUT2D eigenvalue weighted by atomic mass is 32.1. The number of anilines is 1. The first-order valence-corrected chi connectivity index (χ1v) is 9.62. The van der Waals surface area contributed by atoms with Gasteiger partial charge in [0.1, 0.15) is 0 Å². The maximum Gasteiger partial charge on any atom is 0.251 e.